The van der Waals surface area contributed by atoms with Crippen LogP contribution < -0.4 is 0 Å². The van der Waals surface area contributed by atoms with E-state index in [0.29, 0.717) is 5.69 Å². The summed E-state index contributed by atoms with van der Waals surface area (Å²) in [6, 6.07) is 8.68. The molecule has 0 aromatic carbocycles. The van der Waals surface area contributed by atoms with Gasteiger partial charge in [-0.25, -0.2) is 0 Å². The van der Waals surface area contributed by atoms with E-state index in [-0.39, 0.29) is 5.69 Å². The second kappa shape index (κ2) is 8.73. The van der Waals surface area contributed by atoms with Crippen molar-refractivity contribution in [3.05, 3.63) is 52.7 Å². The number of hydrogen-bond donors (Lipinski definition) is 1. The summed E-state index contributed by atoms with van der Waals surface area (Å²) in [5.74, 6) is 0. The van der Waals surface area contributed by atoms with Crippen LogP contribution in [0.15, 0.2) is 42.1 Å². The zero-order valence-corrected chi connectivity index (χ0v) is 16.6. The Morgan fingerprint density at radius 3 is 2.39 bits per heavy atom. The third-order valence-corrected chi connectivity index (χ3v) is 5.39. The Hall–Kier alpha value is -2.41. The maximum Gasteiger partial charge on any atom is 0.432 e. The highest BCUT2D eigenvalue weighted by atomic mass is 32.1. The minimum absolute atomic E-state index is 0.178. The van der Waals surface area contributed by atoms with Crippen LogP contribution in [0.4, 0.5) is 13.2 Å². The number of hydrogen-bond acceptors (Lipinski definition) is 3. The van der Waals surface area contributed by atoms with Crippen LogP contribution in [0, 0.1) is 0 Å². The van der Waals surface area contributed by atoms with Crippen LogP contribution in [0.1, 0.15) is 50.1 Å². The lowest BCUT2D eigenvalue weighted by Crippen LogP contribution is -2.04. The summed E-state index contributed by atoms with van der Waals surface area (Å²) >= 11 is 1.69. The summed E-state index contributed by atoms with van der Waals surface area (Å²) in [6.07, 6.45) is 4.00. The van der Waals surface area contributed by atoms with Crippen molar-refractivity contribution in [1.82, 2.24) is 15.2 Å². The van der Waals surface area contributed by atoms with E-state index in [0.717, 1.165) is 42.2 Å². The SMILES string of the molecule is CCCC(=Cc1ccc(-c2ccc(-c3cc(C(F)(F)F)[nH]n3)nc2)s1)CCC. The Labute approximate surface area is 166 Å². The van der Waals surface area contributed by atoms with Gasteiger partial charge < -0.3 is 0 Å². The van der Waals surface area contributed by atoms with Crippen molar-refractivity contribution in [2.24, 2.45) is 0 Å². The molecule has 3 heterocycles. The summed E-state index contributed by atoms with van der Waals surface area (Å²) in [6.45, 7) is 4.38. The van der Waals surface area contributed by atoms with E-state index in [9.17, 15) is 13.2 Å². The number of aromatic amines is 1. The van der Waals surface area contributed by atoms with Crippen LogP contribution in [0.25, 0.3) is 27.9 Å². The molecule has 0 radical (unpaired) electrons. The van der Waals surface area contributed by atoms with E-state index in [4.69, 9.17) is 0 Å². The fraction of sp³-hybridized carbons (Fsp3) is 0.333. The van der Waals surface area contributed by atoms with Gasteiger partial charge in [-0.2, -0.15) is 18.3 Å². The van der Waals surface area contributed by atoms with Crippen molar-refractivity contribution in [3.63, 3.8) is 0 Å². The van der Waals surface area contributed by atoms with Crippen molar-refractivity contribution >= 4 is 17.4 Å². The number of H-pyrrole nitrogens is 1. The minimum atomic E-state index is -4.44. The molecule has 0 aliphatic rings. The summed E-state index contributed by atoms with van der Waals surface area (Å²) in [7, 11) is 0. The molecule has 1 N–H and O–H groups in total. The van der Waals surface area contributed by atoms with Crippen molar-refractivity contribution < 1.29 is 13.2 Å². The third kappa shape index (κ3) is 4.90. The lowest BCUT2D eigenvalue weighted by Gasteiger charge is -2.03. The second-order valence-electron chi connectivity index (χ2n) is 6.60. The number of allylic oxidation sites excluding steroid dienone is 1. The Balaban J connectivity index is 1.78. The molecule has 3 nitrogen and oxygen atoms in total. The van der Waals surface area contributed by atoms with Gasteiger partial charge in [-0.15, -0.1) is 11.3 Å². The largest absolute Gasteiger partial charge is 0.432 e. The number of nitrogens with zero attached hydrogens (tertiary/aromatic N) is 2. The van der Waals surface area contributed by atoms with Crippen LogP contribution in [-0.4, -0.2) is 15.2 Å². The zero-order valence-electron chi connectivity index (χ0n) is 15.8. The Morgan fingerprint density at radius 2 is 1.82 bits per heavy atom. The Morgan fingerprint density at radius 1 is 1.07 bits per heavy atom. The maximum atomic E-state index is 12.7. The van der Waals surface area contributed by atoms with Crippen LogP contribution in [-0.2, 0) is 6.18 Å². The molecule has 0 fully saturated rings. The molecule has 0 spiro atoms. The third-order valence-electron chi connectivity index (χ3n) is 4.31. The smallest absolute Gasteiger partial charge is 0.273 e. The van der Waals surface area contributed by atoms with Crippen LogP contribution in [0.2, 0.25) is 0 Å². The molecule has 7 heteroatoms. The molecule has 148 valence electrons. The van der Waals surface area contributed by atoms with Gasteiger partial charge in [-0.05, 0) is 49.2 Å². The first-order valence-electron chi connectivity index (χ1n) is 9.29. The predicted molar refractivity (Wildman–Crippen MR) is 108 cm³/mol. The predicted octanol–water partition coefficient (Wildman–Crippen LogP) is 7.20. The first kappa shape index (κ1) is 20.3. The average molecular weight is 405 g/mol. The molecule has 3 aromatic heterocycles. The molecule has 0 bridgehead atoms. The fourth-order valence-corrected chi connectivity index (χ4v) is 3.98. The highest BCUT2D eigenvalue weighted by Gasteiger charge is 2.33. The van der Waals surface area contributed by atoms with Crippen LogP contribution >= 0.6 is 11.3 Å². The topological polar surface area (TPSA) is 41.6 Å². The normalized spacial score (nSPS) is 11.6. The summed E-state index contributed by atoms with van der Waals surface area (Å²) in [5.41, 5.74) is 2.11. The monoisotopic (exact) mass is 405 g/mol. The van der Waals surface area contributed by atoms with E-state index < -0.39 is 11.9 Å². The lowest BCUT2D eigenvalue weighted by atomic mass is 10.1. The van der Waals surface area contributed by atoms with Gasteiger partial charge in [0, 0.05) is 21.5 Å². The first-order valence-corrected chi connectivity index (χ1v) is 10.1. The zero-order chi connectivity index (χ0) is 20.1. The molecule has 0 saturated heterocycles. The number of halogens is 3. The van der Waals surface area contributed by atoms with Crippen molar-refractivity contribution in [2.75, 3.05) is 0 Å². The number of aromatic nitrogens is 3. The number of thiophene rings is 1. The quantitative estimate of drug-likeness (QED) is 0.451. The minimum Gasteiger partial charge on any atom is -0.273 e. The van der Waals surface area contributed by atoms with Gasteiger partial charge in [0.25, 0.3) is 0 Å². The average Bonchev–Trinajstić information content (AvgIpc) is 3.32. The highest BCUT2D eigenvalue weighted by molar-refractivity contribution is 7.16. The van der Waals surface area contributed by atoms with E-state index in [2.05, 4.69) is 42.1 Å². The van der Waals surface area contributed by atoms with Gasteiger partial charge in [-0.3, -0.25) is 10.1 Å². The molecule has 0 atom stereocenters. The Kier molecular flexibility index (Phi) is 6.34. The van der Waals surface area contributed by atoms with E-state index in [1.807, 2.05) is 11.2 Å². The number of pyridine rings is 1. The molecule has 3 rings (SSSR count). The summed E-state index contributed by atoms with van der Waals surface area (Å²) in [5, 5.41) is 5.73. The summed E-state index contributed by atoms with van der Waals surface area (Å²) in [4.78, 5) is 6.58. The van der Waals surface area contributed by atoms with Crippen molar-refractivity contribution in [2.45, 2.75) is 45.7 Å². The van der Waals surface area contributed by atoms with Gasteiger partial charge >= 0.3 is 6.18 Å². The van der Waals surface area contributed by atoms with Gasteiger partial charge in [-0.1, -0.05) is 32.3 Å². The van der Waals surface area contributed by atoms with Crippen molar-refractivity contribution in [3.8, 4) is 21.8 Å². The van der Waals surface area contributed by atoms with Gasteiger partial charge in [0.1, 0.15) is 11.4 Å². The standard InChI is InChI=1S/C21H22F3N3S/c1-3-5-14(6-4-2)11-16-8-10-19(28-16)15-7-9-17(25-13-15)18-12-20(27-26-18)21(22,23)24/h7-13H,3-6H2,1-2H3,(H,26,27). The molecule has 0 amide bonds. The van der Waals surface area contributed by atoms with E-state index in [1.54, 1.807) is 23.6 Å². The number of alkyl halides is 3. The molecule has 0 unspecified atom stereocenters. The fourth-order valence-electron chi connectivity index (χ4n) is 2.99. The van der Waals surface area contributed by atoms with Crippen molar-refractivity contribution in [1.29, 1.82) is 0 Å². The van der Waals surface area contributed by atoms with Gasteiger partial charge in [0.2, 0.25) is 0 Å². The summed E-state index contributed by atoms with van der Waals surface area (Å²) < 4.78 is 38.1. The van der Waals surface area contributed by atoms with E-state index in [1.165, 1.54) is 10.5 Å². The van der Waals surface area contributed by atoms with Crippen LogP contribution in [0.5, 0.6) is 0 Å². The molecule has 3 aromatic rings. The first-order chi connectivity index (χ1) is 13.4. The molecule has 28 heavy (non-hydrogen) atoms. The van der Waals surface area contributed by atoms with E-state index >= 15 is 0 Å². The molecule has 0 aliphatic carbocycles. The maximum absolute atomic E-state index is 12.7. The van der Waals surface area contributed by atoms with Gasteiger partial charge in [0.05, 0.1) is 5.69 Å². The molecule has 0 saturated carbocycles. The number of rotatable bonds is 7. The Bertz CT molecular complexity index is 928. The van der Waals surface area contributed by atoms with Crippen LogP contribution in [0.3, 0.4) is 0 Å². The number of nitrogens with one attached hydrogen (secondary N) is 1. The second-order valence-corrected chi connectivity index (χ2v) is 7.72. The lowest BCUT2D eigenvalue weighted by molar-refractivity contribution is -0.141. The molecular formula is C21H22F3N3S. The molecule has 0 aliphatic heterocycles. The highest BCUT2D eigenvalue weighted by Crippen LogP contribution is 2.32. The van der Waals surface area contributed by atoms with Gasteiger partial charge in [0.15, 0.2) is 0 Å². The molecular weight excluding hydrogens is 383 g/mol.